The summed E-state index contributed by atoms with van der Waals surface area (Å²) in [5.41, 5.74) is 0. The van der Waals surface area contributed by atoms with Gasteiger partial charge in [0.15, 0.2) is 5.78 Å². The first-order valence-electron chi connectivity index (χ1n) is 3.82. The summed E-state index contributed by atoms with van der Waals surface area (Å²) >= 11 is 0. The van der Waals surface area contributed by atoms with Gasteiger partial charge in [-0.3, -0.25) is 14.8 Å². The summed E-state index contributed by atoms with van der Waals surface area (Å²) in [6.45, 7) is 0.529. The minimum absolute atomic E-state index is 0.0752. The van der Waals surface area contributed by atoms with Crippen molar-refractivity contribution in [3.05, 3.63) is 35.0 Å². The molecule has 3 nitrogen and oxygen atoms in total. The molecule has 0 saturated heterocycles. The van der Waals surface area contributed by atoms with E-state index in [-0.39, 0.29) is 18.9 Å². The SMILES string of the molecule is O=C1CN=c2ccccc2=NC1. The number of hydrogen-bond acceptors (Lipinski definition) is 3. The largest absolute Gasteiger partial charge is 0.296 e. The van der Waals surface area contributed by atoms with Crippen LogP contribution >= 0.6 is 0 Å². The molecule has 1 heterocycles. The summed E-state index contributed by atoms with van der Waals surface area (Å²) in [6, 6.07) is 7.54. The number of carbonyl (C=O) groups is 1. The average molecular weight is 160 g/mol. The molecule has 0 radical (unpaired) electrons. The van der Waals surface area contributed by atoms with Crippen LogP contribution in [0.4, 0.5) is 0 Å². The molecule has 2 rings (SSSR count). The molecule has 12 heavy (non-hydrogen) atoms. The zero-order valence-electron chi connectivity index (χ0n) is 6.53. The molecular formula is C9H8N2O. The van der Waals surface area contributed by atoms with Crippen molar-refractivity contribution in [1.29, 1.82) is 0 Å². The van der Waals surface area contributed by atoms with E-state index in [1.807, 2.05) is 24.3 Å². The van der Waals surface area contributed by atoms with Crippen molar-refractivity contribution in [1.82, 2.24) is 0 Å². The highest BCUT2D eigenvalue weighted by Gasteiger charge is 2.01. The average Bonchev–Trinajstić information content (AvgIpc) is 2.29. The number of fused-ring (bicyclic) bond motifs is 1. The van der Waals surface area contributed by atoms with E-state index in [4.69, 9.17) is 0 Å². The van der Waals surface area contributed by atoms with E-state index >= 15 is 0 Å². The van der Waals surface area contributed by atoms with Gasteiger partial charge in [-0.15, -0.1) is 0 Å². The Bertz CT molecular complexity index is 383. The van der Waals surface area contributed by atoms with Gasteiger partial charge in [-0.05, 0) is 12.1 Å². The zero-order chi connectivity index (χ0) is 8.39. The van der Waals surface area contributed by atoms with E-state index in [1.165, 1.54) is 0 Å². The number of Topliss-reactive ketones (excluding diaryl/α,β-unsaturated/α-hetero) is 1. The Balaban J connectivity index is 2.69. The lowest BCUT2D eigenvalue weighted by atomic mass is 10.3. The molecule has 1 aliphatic rings. The molecule has 0 bridgehead atoms. The van der Waals surface area contributed by atoms with Crippen molar-refractivity contribution in [3.8, 4) is 0 Å². The van der Waals surface area contributed by atoms with Crippen LogP contribution in [0.3, 0.4) is 0 Å². The molecule has 60 valence electrons. The predicted molar refractivity (Wildman–Crippen MR) is 43.5 cm³/mol. The van der Waals surface area contributed by atoms with E-state index in [9.17, 15) is 4.79 Å². The van der Waals surface area contributed by atoms with Crippen LogP contribution in [0.15, 0.2) is 34.3 Å². The smallest absolute Gasteiger partial charge is 0.175 e. The van der Waals surface area contributed by atoms with E-state index in [0.29, 0.717) is 0 Å². The summed E-state index contributed by atoms with van der Waals surface area (Å²) in [5.74, 6) is 0.0752. The first-order chi connectivity index (χ1) is 5.86. The molecule has 0 aliphatic carbocycles. The summed E-state index contributed by atoms with van der Waals surface area (Å²) < 4.78 is 0. The fraction of sp³-hybridized carbons (Fsp3) is 0.222. The third-order valence-corrected chi connectivity index (χ3v) is 1.73. The normalized spacial score (nSPS) is 15.5. The van der Waals surface area contributed by atoms with Crippen LogP contribution < -0.4 is 10.7 Å². The first kappa shape index (κ1) is 7.16. The van der Waals surface area contributed by atoms with Gasteiger partial charge in [-0.25, -0.2) is 0 Å². The summed E-state index contributed by atoms with van der Waals surface area (Å²) in [7, 11) is 0. The van der Waals surface area contributed by atoms with Crippen molar-refractivity contribution in [2.24, 2.45) is 9.98 Å². The Morgan fingerprint density at radius 3 is 2.00 bits per heavy atom. The number of rotatable bonds is 0. The van der Waals surface area contributed by atoms with Gasteiger partial charge in [0.05, 0.1) is 10.7 Å². The highest BCUT2D eigenvalue weighted by molar-refractivity contribution is 5.82. The lowest BCUT2D eigenvalue weighted by Gasteiger charge is -1.83. The number of carbonyl (C=O) groups excluding carboxylic acids is 1. The topological polar surface area (TPSA) is 41.8 Å². The molecule has 3 heteroatoms. The van der Waals surface area contributed by atoms with Crippen molar-refractivity contribution in [2.45, 2.75) is 0 Å². The zero-order valence-corrected chi connectivity index (χ0v) is 6.53. The van der Waals surface area contributed by atoms with Crippen molar-refractivity contribution in [2.75, 3.05) is 13.1 Å². The minimum atomic E-state index is 0.0752. The Labute approximate surface area is 69.5 Å². The molecule has 0 fully saturated rings. The summed E-state index contributed by atoms with van der Waals surface area (Å²) in [5, 5.41) is 1.65. The quantitative estimate of drug-likeness (QED) is 0.505. The number of ketones is 1. The standard InChI is InChI=1S/C9H8N2O/c12-7-5-10-8-3-1-2-4-9(8)11-6-7/h1-4H,5-6H2. The monoisotopic (exact) mass is 160 g/mol. The van der Waals surface area contributed by atoms with Crippen LogP contribution in [-0.4, -0.2) is 18.9 Å². The molecule has 1 aromatic carbocycles. The number of hydrogen-bond donors (Lipinski definition) is 0. The third-order valence-electron chi connectivity index (χ3n) is 1.73. The van der Waals surface area contributed by atoms with Crippen LogP contribution in [0.25, 0.3) is 0 Å². The number of nitrogens with zero attached hydrogens (tertiary/aromatic N) is 2. The van der Waals surface area contributed by atoms with Gasteiger partial charge in [0.2, 0.25) is 0 Å². The van der Waals surface area contributed by atoms with Gasteiger partial charge < -0.3 is 0 Å². The van der Waals surface area contributed by atoms with Crippen molar-refractivity contribution < 1.29 is 4.79 Å². The molecule has 0 atom stereocenters. The van der Waals surface area contributed by atoms with Gasteiger partial charge in [-0.1, -0.05) is 12.1 Å². The van der Waals surface area contributed by atoms with Gasteiger partial charge in [0, 0.05) is 0 Å². The second kappa shape index (κ2) is 2.85. The molecular weight excluding hydrogens is 152 g/mol. The molecule has 0 aromatic heterocycles. The molecule has 0 N–H and O–H groups in total. The molecule has 0 saturated carbocycles. The maximum Gasteiger partial charge on any atom is 0.175 e. The maximum absolute atomic E-state index is 11.0. The van der Waals surface area contributed by atoms with Gasteiger partial charge >= 0.3 is 0 Å². The molecule has 1 aliphatic heterocycles. The Morgan fingerprint density at radius 1 is 1.00 bits per heavy atom. The molecule has 1 aromatic rings. The number of para-hydroxylation sites is 2. The van der Waals surface area contributed by atoms with Crippen LogP contribution in [0.5, 0.6) is 0 Å². The second-order valence-corrected chi connectivity index (χ2v) is 2.66. The fourth-order valence-electron chi connectivity index (χ4n) is 1.13. The Hall–Kier alpha value is -1.51. The highest BCUT2D eigenvalue weighted by atomic mass is 16.1. The Morgan fingerprint density at radius 2 is 1.50 bits per heavy atom. The van der Waals surface area contributed by atoms with Gasteiger partial charge in [-0.2, -0.15) is 0 Å². The van der Waals surface area contributed by atoms with Gasteiger partial charge in [0.1, 0.15) is 13.1 Å². The Kier molecular flexibility index (Phi) is 1.70. The lowest BCUT2D eigenvalue weighted by molar-refractivity contribution is -0.116. The minimum Gasteiger partial charge on any atom is -0.296 e. The van der Waals surface area contributed by atoms with E-state index in [1.54, 1.807) is 0 Å². The lowest BCUT2D eigenvalue weighted by Crippen LogP contribution is -2.23. The molecule has 0 unspecified atom stereocenters. The number of benzene rings is 1. The van der Waals surface area contributed by atoms with Crippen LogP contribution in [-0.2, 0) is 4.79 Å². The first-order valence-corrected chi connectivity index (χ1v) is 3.82. The predicted octanol–water partition coefficient (Wildman–Crippen LogP) is -0.492. The summed E-state index contributed by atoms with van der Waals surface area (Å²) in [4.78, 5) is 19.2. The highest BCUT2D eigenvalue weighted by Crippen LogP contribution is 1.80. The summed E-state index contributed by atoms with van der Waals surface area (Å²) in [6.07, 6.45) is 0. The van der Waals surface area contributed by atoms with Crippen molar-refractivity contribution in [3.63, 3.8) is 0 Å². The second-order valence-electron chi connectivity index (χ2n) is 2.66. The van der Waals surface area contributed by atoms with Crippen molar-refractivity contribution >= 4 is 5.78 Å². The fourth-order valence-corrected chi connectivity index (χ4v) is 1.13. The van der Waals surface area contributed by atoms with Gasteiger partial charge in [0.25, 0.3) is 0 Å². The van der Waals surface area contributed by atoms with E-state index in [0.717, 1.165) is 10.7 Å². The van der Waals surface area contributed by atoms with Crippen LogP contribution in [0.1, 0.15) is 0 Å². The van der Waals surface area contributed by atoms with Crippen LogP contribution in [0, 0.1) is 0 Å². The maximum atomic E-state index is 11.0. The van der Waals surface area contributed by atoms with E-state index < -0.39 is 0 Å². The molecule has 0 spiro atoms. The van der Waals surface area contributed by atoms with Crippen LogP contribution in [0.2, 0.25) is 0 Å². The third kappa shape index (κ3) is 1.25. The molecule has 0 amide bonds. The van der Waals surface area contributed by atoms with E-state index in [2.05, 4.69) is 9.98 Å².